The van der Waals surface area contributed by atoms with Gasteiger partial charge in [0.15, 0.2) is 0 Å². The highest BCUT2D eigenvalue weighted by molar-refractivity contribution is 8.00. The number of nitrogens with two attached hydrogens (primary N) is 1. The van der Waals surface area contributed by atoms with Crippen molar-refractivity contribution in [2.24, 2.45) is 5.73 Å². The monoisotopic (exact) mass is 255 g/mol. The van der Waals surface area contributed by atoms with Crippen LogP contribution in [0.5, 0.6) is 0 Å². The van der Waals surface area contributed by atoms with E-state index in [1.807, 2.05) is 11.3 Å². The van der Waals surface area contributed by atoms with E-state index in [0.29, 0.717) is 10.8 Å². The van der Waals surface area contributed by atoms with E-state index in [1.165, 1.54) is 28.3 Å². The van der Waals surface area contributed by atoms with Crippen LogP contribution < -0.4 is 5.73 Å². The highest BCUT2D eigenvalue weighted by Crippen LogP contribution is 2.40. The summed E-state index contributed by atoms with van der Waals surface area (Å²) in [5.41, 5.74) is 6.38. The van der Waals surface area contributed by atoms with Crippen LogP contribution in [0.2, 0.25) is 0 Å². The van der Waals surface area contributed by atoms with E-state index >= 15 is 0 Å². The zero-order chi connectivity index (χ0) is 11.6. The Hall–Kier alpha value is 0.01000. The second-order valence-corrected chi connectivity index (χ2v) is 7.68. The van der Waals surface area contributed by atoms with Crippen LogP contribution in [0.4, 0.5) is 0 Å². The van der Waals surface area contributed by atoms with Crippen LogP contribution in [0, 0.1) is 0 Å². The molecular weight excluding hydrogens is 234 g/mol. The maximum Gasteiger partial charge on any atom is 0.0286 e. The molecule has 0 saturated carbocycles. The summed E-state index contributed by atoms with van der Waals surface area (Å²) in [4.78, 5) is 2.93. The first-order valence-corrected chi connectivity index (χ1v) is 7.91. The molecule has 2 N–H and O–H groups in total. The summed E-state index contributed by atoms with van der Waals surface area (Å²) >= 11 is 3.99. The molecule has 2 atom stereocenters. The Balaban J connectivity index is 1.98. The molecule has 1 aliphatic heterocycles. The van der Waals surface area contributed by atoms with Gasteiger partial charge < -0.3 is 5.73 Å². The second kappa shape index (κ2) is 5.11. The number of hydrogen-bond donors (Lipinski definition) is 1. The zero-order valence-corrected chi connectivity index (χ0v) is 11.8. The second-order valence-electron chi connectivity index (χ2n) is 4.80. The SMILES string of the molecule is CCc1ccc(CC(N)C2(C)CCCS2)s1. The minimum Gasteiger partial charge on any atom is -0.326 e. The molecule has 90 valence electrons. The average Bonchev–Trinajstić information content (AvgIpc) is 2.88. The maximum atomic E-state index is 6.38. The molecule has 0 amide bonds. The van der Waals surface area contributed by atoms with Gasteiger partial charge in [0.05, 0.1) is 0 Å². The van der Waals surface area contributed by atoms with Gasteiger partial charge in [0.2, 0.25) is 0 Å². The lowest BCUT2D eigenvalue weighted by Gasteiger charge is -2.29. The van der Waals surface area contributed by atoms with Crippen molar-refractivity contribution in [2.75, 3.05) is 5.75 Å². The minimum atomic E-state index is 0.309. The Morgan fingerprint density at radius 2 is 2.19 bits per heavy atom. The van der Waals surface area contributed by atoms with E-state index in [1.54, 1.807) is 0 Å². The highest BCUT2D eigenvalue weighted by atomic mass is 32.2. The fourth-order valence-electron chi connectivity index (χ4n) is 2.25. The number of rotatable bonds is 4. The quantitative estimate of drug-likeness (QED) is 0.891. The summed E-state index contributed by atoms with van der Waals surface area (Å²) in [6.07, 6.45) is 4.81. The molecule has 0 aliphatic carbocycles. The van der Waals surface area contributed by atoms with Crippen LogP contribution in [-0.2, 0) is 12.8 Å². The lowest BCUT2D eigenvalue weighted by molar-refractivity contribution is 0.484. The van der Waals surface area contributed by atoms with E-state index in [0.717, 1.165) is 12.8 Å². The number of aryl methyl sites for hydroxylation is 1. The van der Waals surface area contributed by atoms with Crippen molar-refractivity contribution >= 4 is 23.1 Å². The first-order valence-electron chi connectivity index (χ1n) is 6.11. The minimum absolute atomic E-state index is 0.309. The lowest BCUT2D eigenvalue weighted by Crippen LogP contribution is -2.42. The van der Waals surface area contributed by atoms with E-state index < -0.39 is 0 Å². The van der Waals surface area contributed by atoms with Crippen molar-refractivity contribution in [2.45, 2.75) is 50.3 Å². The van der Waals surface area contributed by atoms with Crippen LogP contribution in [0.3, 0.4) is 0 Å². The van der Waals surface area contributed by atoms with E-state index in [9.17, 15) is 0 Å². The van der Waals surface area contributed by atoms with Crippen molar-refractivity contribution in [1.82, 2.24) is 0 Å². The molecule has 0 spiro atoms. The van der Waals surface area contributed by atoms with E-state index in [-0.39, 0.29) is 0 Å². The average molecular weight is 255 g/mol. The maximum absolute atomic E-state index is 6.38. The Bertz CT molecular complexity index is 339. The molecular formula is C13H21NS2. The Morgan fingerprint density at radius 1 is 1.44 bits per heavy atom. The molecule has 1 aromatic rings. The molecule has 1 aromatic heterocycles. The molecule has 0 bridgehead atoms. The standard InChI is InChI=1S/C13H21NS2/c1-3-10-5-6-11(16-10)9-12(14)13(2)7-4-8-15-13/h5-6,12H,3-4,7-9,14H2,1-2H3. The van der Waals surface area contributed by atoms with Crippen LogP contribution in [0.1, 0.15) is 36.4 Å². The summed E-state index contributed by atoms with van der Waals surface area (Å²) in [5.74, 6) is 1.29. The van der Waals surface area contributed by atoms with Gasteiger partial charge in [-0.15, -0.1) is 11.3 Å². The molecule has 2 unspecified atom stereocenters. The van der Waals surface area contributed by atoms with Crippen molar-refractivity contribution in [3.63, 3.8) is 0 Å². The number of hydrogen-bond acceptors (Lipinski definition) is 3. The largest absolute Gasteiger partial charge is 0.326 e. The number of thiophene rings is 1. The van der Waals surface area contributed by atoms with Gasteiger partial charge in [-0.1, -0.05) is 6.92 Å². The fraction of sp³-hybridized carbons (Fsp3) is 0.692. The fourth-order valence-corrected chi connectivity index (χ4v) is 4.61. The third-order valence-electron chi connectivity index (χ3n) is 3.52. The predicted molar refractivity (Wildman–Crippen MR) is 75.5 cm³/mol. The molecule has 0 radical (unpaired) electrons. The van der Waals surface area contributed by atoms with Gasteiger partial charge in [0, 0.05) is 20.5 Å². The summed E-state index contributed by atoms with van der Waals surface area (Å²) < 4.78 is 0.316. The molecule has 2 heterocycles. The van der Waals surface area contributed by atoms with Gasteiger partial charge in [-0.05, 0) is 50.5 Å². The summed E-state index contributed by atoms with van der Waals surface area (Å²) in [7, 11) is 0. The molecule has 1 nitrogen and oxygen atoms in total. The topological polar surface area (TPSA) is 26.0 Å². The van der Waals surface area contributed by atoms with E-state index in [2.05, 4.69) is 37.7 Å². The van der Waals surface area contributed by atoms with Crippen LogP contribution in [0.25, 0.3) is 0 Å². The Morgan fingerprint density at radius 3 is 2.75 bits per heavy atom. The van der Waals surface area contributed by atoms with Gasteiger partial charge in [-0.25, -0.2) is 0 Å². The third kappa shape index (κ3) is 2.63. The van der Waals surface area contributed by atoms with E-state index in [4.69, 9.17) is 5.73 Å². The molecule has 1 saturated heterocycles. The molecule has 3 heteroatoms. The summed E-state index contributed by atoms with van der Waals surface area (Å²) in [6.45, 7) is 4.55. The highest BCUT2D eigenvalue weighted by Gasteiger charge is 2.35. The Labute approximate surface area is 107 Å². The summed E-state index contributed by atoms with van der Waals surface area (Å²) in [5, 5.41) is 0. The van der Waals surface area contributed by atoms with Gasteiger partial charge >= 0.3 is 0 Å². The van der Waals surface area contributed by atoms with Crippen molar-refractivity contribution in [3.05, 3.63) is 21.9 Å². The summed E-state index contributed by atoms with van der Waals surface area (Å²) in [6, 6.07) is 4.81. The molecule has 16 heavy (non-hydrogen) atoms. The van der Waals surface area contributed by atoms with Crippen molar-refractivity contribution in [1.29, 1.82) is 0 Å². The van der Waals surface area contributed by atoms with Crippen molar-refractivity contribution in [3.8, 4) is 0 Å². The number of thioether (sulfide) groups is 1. The van der Waals surface area contributed by atoms with Gasteiger partial charge in [0.1, 0.15) is 0 Å². The lowest BCUT2D eigenvalue weighted by atomic mass is 9.94. The van der Waals surface area contributed by atoms with Crippen LogP contribution in [0.15, 0.2) is 12.1 Å². The normalized spacial score (nSPS) is 27.2. The molecule has 1 aliphatic rings. The van der Waals surface area contributed by atoms with Gasteiger partial charge in [-0.3, -0.25) is 0 Å². The zero-order valence-electron chi connectivity index (χ0n) is 10.2. The Kier molecular flexibility index (Phi) is 3.98. The van der Waals surface area contributed by atoms with Gasteiger partial charge in [-0.2, -0.15) is 11.8 Å². The molecule has 1 fully saturated rings. The van der Waals surface area contributed by atoms with Crippen LogP contribution in [-0.4, -0.2) is 16.5 Å². The van der Waals surface area contributed by atoms with Gasteiger partial charge in [0.25, 0.3) is 0 Å². The predicted octanol–water partition coefficient (Wildman–Crippen LogP) is 3.47. The first kappa shape index (κ1) is 12.5. The first-order chi connectivity index (χ1) is 7.64. The van der Waals surface area contributed by atoms with Crippen LogP contribution >= 0.6 is 23.1 Å². The third-order valence-corrected chi connectivity index (χ3v) is 6.43. The van der Waals surface area contributed by atoms with Crippen molar-refractivity contribution < 1.29 is 0 Å². The smallest absolute Gasteiger partial charge is 0.0286 e. The molecule has 2 rings (SSSR count). The molecule has 0 aromatic carbocycles.